The monoisotopic (exact) mass is 171 g/mol. The summed E-state index contributed by atoms with van der Waals surface area (Å²) in [5.41, 5.74) is 1.08. The van der Waals surface area contributed by atoms with Gasteiger partial charge in [-0.3, -0.25) is 5.10 Å². The quantitative estimate of drug-likeness (QED) is 0.661. The second-order valence-electron chi connectivity index (χ2n) is 2.26. The van der Waals surface area contributed by atoms with E-state index in [2.05, 4.69) is 21.8 Å². The Kier molecular flexibility index (Phi) is 3.90. The largest absolute Gasteiger partial charge is 0.382 e. The van der Waals surface area contributed by atoms with Crippen LogP contribution in [-0.4, -0.2) is 28.8 Å². The molecule has 0 spiro atoms. The number of hydrogen-bond donors (Lipinski definition) is 2. The van der Waals surface area contributed by atoms with Crippen LogP contribution in [0.3, 0.4) is 0 Å². The molecule has 0 saturated heterocycles. The van der Waals surface area contributed by atoms with Crippen LogP contribution in [0.25, 0.3) is 0 Å². The molecule has 11 heavy (non-hydrogen) atoms. The zero-order valence-electron chi connectivity index (χ0n) is 6.63. The zero-order valence-corrected chi connectivity index (χ0v) is 7.45. The summed E-state index contributed by atoms with van der Waals surface area (Å²) in [7, 11) is 0. The Morgan fingerprint density at radius 3 is 3.27 bits per heavy atom. The molecule has 0 fully saturated rings. The van der Waals surface area contributed by atoms with Crippen LogP contribution in [0.1, 0.15) is 6.42 Å². The summed E-state index contributed by atoms with van der Waals surface area (Å²) in [6.07, 6.45) is 6.97. The van der Waals surface area contributed by atoms with Gasteiger partial charge in [-0.05, 0) is 18.4 Å². The molecule has 0 atom stereocenters. The lowest BCUT2D eigenvalue weighted by atomic mass is 10.4. The Bertz CT molecular complexity index is 174. The van der Waals surface area contributed by atoms with Gasteiger partial charge in [0.15, 0.2) is 0 Å². The van der Waals surface area contributed by atoms with E-state index >= 15 is 0 Å². The predicted molar refractivity (Wildman–Crippen MR) is 50.1 cm³/mol. The highest BCUT2D eigenvalue weighted by atomic mass is 32.2. The first-order chi connectivity index (χ1) is 5.43. The summed E-state index contributed by atoms with van der Waals surface area (Å²) in [6, 6.07) is 0. The van der Waals surface area contributed by atoms with Crippen molar-refractivity contribution < 1.29 is 0 Å². The molecule has 0 bridgehead atoms. The van der Waals surface area contributed by atoms with Crippen LogP contribution in [0, 0.1) is 0 Å². The van der Waals surface area contributed by atoms with Crippen molar-refractivity contribution in [1.82, 2.24) is 10.2 Å². The third-order valence-corrected chi connectivity index (χ3v) is 2.05. The van der Waals surface area contributed by atoms with Crippen LogP contribution >= 0.6 is 11.8 Å². The number of nitrogens with zero attached hydrogens (tertiary/aromatic N) is 1. The molecule has 0 radical (unpaired) electrons. The average Bonchev–Trinajstić information content (AvgIpc) is 2.50. The lowest BCUT2D eigenvalue weighted by Crippen LogP contribution is -2.01. The van der Waals surface area contributed by atoms with Gasteiger partial charge in [0.1, 0.15) is 0 Å². The molecule has 0 unspecified atom stereocenters. The van der Waals surface area contributed by atoms with Gasteiger partial charge >= 0.3 is 0 Å². The van der Waals surface area contributed by atoms with Gasteiger partial charge in [-0.15, -0.1) is 0 Å². The Morgan fingerprint density at radius 2 is 2.64 bits per heavy atom. The smallest absolute Gasteiger partial charge is 0.0723 e. The van der Waals surface area contributed by atoms with E-state index in [0.717, 1.165) is 12.2 Å². The normalized spacial score (nSPS) is 9.91. The van der Waals surface area contributed by atoms with Crippen molar-refractivity contribution in [2.45, 2.75) is 6.42 Å². The molecule has 1 aromatic rings. The van der Waals surface area contributed by atoms with Gasteiger partial charge in [0.2, 0.25) is 0 Å². The van der Waals surface area contributed by atoms with Crippen molar-refractivity contribution in [3.8, 4) is 0 Å². The van der Waals surface area contributed by atoms with E-state index < -0.39 is 0 Å². The first kappa shape index (κ1) is 8.46. The molecule has 0 aliphatic heterocycles. The number of H-pyrrole nitrogens is 1. The summed E-state index contributed by atoms with van der Waals surface area (Å²) in [4.78, 5) is 0. The summed E-state index contributed by atoms with van der Waals surface area (Å²) >= 11 is 1.88. The van der Waals surface area contributed by atoms with Gasteiger partial charge in [-0.25, -0.2) is 0 Å². The van der Waals surface area contributed by atoms with Crippen molar-refractivity contribution in [3.63, 3.8) is 0 Å². The second kappa shape index (κ2) is 5.07. The highest BCUT2D eigenvalue weighted by molar-refractivity contribution is 7.98. The fraction of sp³-hybridized carbons (Fsp3) is 0.571. The van der Waals surface area contributed by atoms with Crippen LogP contribution in [0.15, 0.2) is 12.4 Å². The van der Waals surface area contributed by atoms with E-state index in [1.54, 1.807) is 6.20 Å². The number of nitrogens with one attached hydrogen (secondary N) is 2. The predicted octanol–water partition coefficient (Wildman–Crippen LogP) is 1.57. The van der Waals surface area contributed by atoms with Gasteiger partial charge < -0.3 is 5.32 Å². The number of thioether (sulfide) groups is 1. The standard InChI is InChI=1S/C7H13N3S/c1-11-4-2-3-8-7-5-9-10-6-7/h5-6,8H,2-4H2,1H3,(H,9,10). The lowest BCUT2D eigenvalue weighted by Gasteiger charge is -2.00. The van der Waals surface area contributed by atoms with Gasteiger partial charge in [-0.2, -0.15) is 16.9 Å². The highest BCUT2D eigenvalue weighted by Gasteiger charge is 1.90. The maximum Gasteiger partial charge on any atom is 0.0723 e. The fourth-order valence-electron chi connectivity index (χ4n) is 0.797. The second-order valence-corrected chi connectivity index (χ2v) is 3.25. The Morgan fingerprint density at radius 1 is 1.73 bits per heavy atom. The minimum absolute atomic E-state index is 1.03. The van der Waals surface area contributed by atoms with E-state index in [0.29, 0.717) is 0 Å². The van der Waals surface area contributed by atoms with E-state index in [1.165, 1.54) is 12.2 Å². The zero-order chi connectivity index (χ0) is 7.94. The highest BCUT2D eigenvalue weighted by Crippen LogP contribution is 2.01. The molecule has 2 N–H and O–H groups in total. The number of aromatic nitrogens is 2. The minimum Gasteiger partial charge on any atom is -0.382 e. The lowest BCUT2D eigenvalue weighted by molar-refractivity contribution is 0.994. The number of anilines is 1. The van der Waals surface area contributed by atoms with Crippen LogP contribution in [-0.2, 0) is 0 Å². The topological polar surface area (TPSA) is 40.7 Å². The SMILES string of the molecule is CSCCCNc1cn[nH]c1. The maximum atomic E-state index is 3.83. The Hall–Kier alpha value is -0.640. The molecule has 1 aromatic heterocycles. The maximum absolute atomic E-state index is 3.83. The Labute approximate surface area is 71.0 Å². The fourth-order valence-corrected chi connectivity index (χ4v) is 1.23. The molecular formula is C7H13N3S. The molecule has 0 aliphatic carbocycles. The van der Waals surface area contributed by atoms with Gasteiger partial charge in [-0.1, -0.05) is 0 Å². The molecule has 0 saturated carbocycles. The summed E-state index contributed by atoms with van der Waals surface area (Å²) in [6.45, 7) is 1.03. The van der Waals surface area contributed by atoms with E-state index in [4.69, 9.17) is 0 Å². The van der Waals surface area contributed by atoms with Crippen LogP contribution in [0.4, 0.5) is 5.69 Å². The molecule has 1 rings (SSSR count). The van der Waals surface area contributed by atoms with Crippen molar-refractivity contribution >= 4 is 17.4 Å². The average molecular weight is 171 g/mol. The summed E-state index contributed by atoms with van der Waals surface area (Å²) < 4.78 is 0. The molecule has 62 valence electrons. The van der Waals surface area contributed by atoms with Gasteiger partial charge in [0.25, 0.3) is 0 Å². The molecule has 3 nitrogen and oxygen atoms in total. The van der Waals surface area contributed by atoms with Crippen molar-refractivity contribution in [2.75, 3.05) is 23.9 Å². The van der Waals surface area contributed by atoms with Gasteiger partial charge in [0.05, 0.1) is 11.9 Å². The first-order valence-electron chi connectivity index (χ1n) is 3.65. The molecule has 0 aliphatic rings. The summed E-state index contributed by atoms with van der Waals surface area (Å²) in [5, 5.41) is 9.83. The summed E-state index contributed by atoms with van der Waals surface area (Å²) in [5.74, 6) is 1.21. The minimum atomic E-state index is 1.03. The third-order valence-electron chi connectivity index (χ3n) is 1.35. The number of rotatable bonds is 5. The van der Waals surface area contributed by atoms with Gasteiger partial charge in [0, 0.05) is 12.7 Å². The number of aromatic amines is 1. The molecule has 1 heterocycles. The van der Waals surface area contributed by atoms with Crippen molar-refractivity contribution in [2.24, 2.45) is 0 Å². The molecule has 4 heteroatoms. The first-order valence-corrected chi connectivity index (χ1v) is 5.04. The van der Waals surface area contributed by atoms with Crippen LogP contribution in [0.2, 0.25) is 0 Å². The number of hydrogen-bond acceptors (Lipinski definition) is 3. The molecular weight excluding hydrogens is 158 g/mol. The third kappa shape index (κ3) is 3.32. The van der Waals surface area contributed by atoms with E-state index in [9.17, 15) is 0 Å². The van der Waals surface area contributed by atoms with Crippen LogP contribution < -0.4 is 5.32 Å². The van der Waals surface area contributed by atoms with E-state index in [-0.39, 0.29) is 0 Å². The Balaban J connectivity index is 2.04. The van der Waals surface area contributed by atoms with Crippen molar-refractivity contribution in [1.29, 1.82) is 0 Å². The van der Waals surface area contributed by atoms with E-state index in [1.807, 2.05) is 18.0 Å². The van der Waals surface area contributed by atoms with Crippen molar-refractivity contribution in [3.05, 3.63) is 12.4 Å². The molecule has 0 aromatic carbocycles. The molecule has 0 amide bonds. The van der Waals surface area contributed by atoms with Crippen LogP contribution in [0.5, 0.6) is 0 Å².